The maximum atomic E-state index is 6.13. The molecule has 2 nitrogen and oxygen atoms in total. The quantitative estimate of drug-likeness (QED) is 0.871. The summed E-state index contributed by atoms with van der Waals surface area (Å²) in [6, 6.07) is 8.81. The first kappa shape index (κ1) is 13.9. The first-order chi connectivity index (χ1) is 9.70. The van der Waals surface area contributed by atoms with Crippen LogP contribution in [0.15, 0.2) is 24.3 Å². The number of anilines is 1. The highest BCUT2D eigenvalue weighted by Crippen LogP contribution is 2.45. The Morgan fingerprint density at radius 1 is 1.00 bits per heavy atom. The predicted molar refractivity (Wildman–Crippen MR) is 86.0 cm³/mol. The average molecular weight is 272 g/mol. The molecule has 0 aromatic heterocycles. The van der Waals surface area contributed by atoms with Gasteiger partial charge in [0.15, 0.2) is 0 Å². The highest BCUT2D eigenvalue weighted by Gasteiger charge is 2.35. The SMILES string of the molecule is C[C@@H](N)c1ccccc1N1CCC2(CCCCC2)CC1. The van der Waals surface area contributed by atoms with Crippen molar-refractivity contribution in [1.29, 1.82) is 0 Å². The summed E-state index contributed by atoms with van der Waals surface area (Å²) >= 11 is 0. The Hall–Kier alpha value is -1.02. The zero-order valence-corrected chi connectivity index (χ0v) is 12.8. The van der Waals surface area contributed by atoms with E-state index in [0.29, 0.717) is 5.41 Å². The topological polar surface area (TPSA) is 29.3 Å². The van der Waals surface area contributed by atoms with Crippen molar-refractivity contribution in [3.63, 3.8) is 0 Å². The fourth-order valence-electron chi connectivity index (χ4n) is 4.18. The zero-order chi connectivity index (χ0) is 14.0. The molecule has 0 bridgehead atoms. The van der Waals surface area contributed by atoms with Crippen LogP contribution < -0.4 is 10.6 Å². The molecule has 3 rings (SSSR count). The normalized spacial score (nSPS) is 23.8. The van der Waals surface area contributed by atoms with E-state index in [1.54, 1.807) is 0 Å². The van der Waals surface area contributed by atoms with Crippen molar-refractivity contribution < 1.29 is 0 Å². The molecule has 20 heavy (non-hydrogen) atoms. The lowest BCUT2D eigenvalue weighted by Gasteiger charge is -2.45. The fraction of sp³-hybridized carbons (Fsp3) is 0.667. The van der Waals surface area contributed by atoms with E-state index >= 15 is 0 Å². The first-order valence-electron chi connectivity index (χ1n) is 8.30. The van der Waals surface area contributed by atoms with Gasteiger partial charge in [-0.05, 0) is 49.7 Å². The summed E-state index contributed by atoms with van der Waals surface area (Å²) in [4.78, 5) is 2.57. The standard InChI is InChI=1S/C18H28N2/c1-15(19)16-7-3-4-8-17(16)20-13-11-18(12-14-20)9-5-2-6-10-18/h3-4,7-8,15H,2,5-6,9-14,19H2,1H3/t15-/m1/s1. The summed E-state index contributed by atoms with van der Waals surface area (Å²) < 4.78 is 0. The Morgan fingerprint density at radius 3 is 2.30 bits per heavy atom. The largest absolute Gasteiger partial charge is 0.371 e. The van der Waals surface area contributed by atoms with Crippen LogP contribution in [0.4, 0.5) is 5.69 Å². The third kappa shape index (κ3) is 2.71. The maximum Gasteiger partial charge on any atom is 0.0414 e. The molecule has 2 aliphatic rings. The van der Waals surface area contributed by atoms with E-state index in [4.69, 9.17) is 5.73 Å². The second-order valence-electron chi connectivity index (χ2n) is 6.90. The number of hydrogen-bond acceptors (Lipinski definition) is 2. The molecule has 2 heteroatoms. The molecule has 1 atom stereocenters. The fourth-order valence-corrected chi connectivity index (χ4v) is 4.18. The molecule has 0 amide bonds. The Kier molecular flexibility index (Phi) is 4.02. The van der Waals surface area contributed by atoms with E-state index in [9.17, 15) is 0 Å². The molecule has 1 spiro atoms. The molecule has 2 N–H and O–H groups in total. The van der Waals surface area contributed by atoms with Crippen molar-refractivity contribution in [2.45, 2.75) is 57.9 Å². The van der Waals surface area contributed by atoms with Crippen molar-refractivity contribution >= 4 is 5.69 Å². The summed E-state index contributed by atoms with van der Waals surface area (Å²) in [7, 11) is 0. The number of benzene rings is 1. The number of nitrogens with two attached hydrogens (primary N) is 1. The summed E-state index contributed by atoms with van der Waals surface area (Å²) in [5, 5.41) is 0. The molecule has 0 unspecified atom stereocenters. The predicted octanol–water partition coefficient (Wildman–Crippen LogP) is 4.26. The summed E-state index contributed by atoms with van der Waals surface area (Å²) in [5.74, 6) is 0. The molecule has 1 aromatic rings. The molecular formula is C18H28N2. The lowest BCUT2D eigenvalue weighted by Crippen LogP contribution is -2.41. The van der Waals surface area contributed by atoms with Gasteiger partial charge in [0.25, 0.3) is 0 Å². The van der Waals surface area contributed by atoms with E-state index in [1.807, 2.05) is 0 Å². The smallest absolute Gasteiger partial charge is 0.0414 e. The molecule has 2 fully saturated rings. The molecule has 1 aliphatic carbocycles. The lowest BCUT2D eigenvalue weighted by molar-refractivity contribution is 0.144. The van der Waals surface area contributed by atoms with Gasteiger partial charge in [0.1, 0.15) is 0 Å². The molecule has 1 aliphatic heterocycles. The Bertz CT molecular complexity index is 436. The third-order valence-corrected chi connectivity index (χ3v) is 5.51. The number of para-hydroxylation sites is 1. The lowest BCUT2D eigenvalue weighted by atomic mass is 9.68. The number of piperidine rings is 1. The van der Waals surface area contributed by atoms with E-state index in [0.717, 1.165) is 0 Å². The van der Waals surface area contributed by atoms with Crippen molar-refractivity contribution in [3.05, 3.63) is 29.8 Å². The van der Waals surface area contributed by atoms with Crippen LogP contribution in [-0.2, 0) is 0 Å². The van der Waals surface area contributed by atoms with Gasteiger partial charge in [-0.2, -0.15) is 0 Å². The van der Waals surface area contributed by atoms with E-state index in [2.05, 4.69) is 36.1 Å². The van der Waals surface area contributed by atoms with Crippen LogP contribution in [0.1, 0.15) is 63.5 Å². The van der Waals surface area contributed by atoms with Gasteiger partial charge < -0.3 is 10.6 Å². The van der Waals surface area contributed by atoms with Crippen LogP contribution >= 0.6 is 0 Å². The van der Waals surface area contributed by atoms with Gasteiger partial charge in [0.05, 0.1) is 0 Å². The first-order valence-corrected chi connectivity index (χ1v) is 8.30. The van der Waals surface area contributed by atoms with Gasteiger partial charge in [-0.1, -0.05) is 37.5 Å². The minimum Gasteiger partial charge on any atom is -0.371 e. The highest BCUT2D eigenvalue weighted by atomic mass is 15.1. The highest BCUT2D eigenvalue weighted by molar-refractivity contribution is 5.55. The molecule has 1 saturated carbocycles. The van der Waals surface area contributed by atoms with Crippen LogP contribution in [0.3, 0.4) is 0 Å². The van der Waals surface area contributed by atoms with E-state index in [1.165, 1.54) is 69.3 Å². The molecule has 110 valence electrons. The summed E-state index contributed by atoms with van der Waals surface area (Å²) in [5.41, 5.74) is 9.48. The van der Waals surface area contributed by atoms with Gasteiger partial charge in [-0.25, -0.2) is 0 Å². The minimum absolute atomic E-state index is 0.122. The van der Waals surface area contributed by atoms with Crippen LogP contribution in [0.25, 0.3) is 0 Å². The summed E-state index contributed by atoms with van der Waals surface area (Å²) in [6.45, 7) is 4.51. The second kappa shape index (κ2) is 5.77. The van der Waals surface area contributed by atoms with Gasteiger partial charge in [-0.15, -0.1) is 0 Å². The van der Waals surface area contributed by atoms with Crippen LogP contribution in [0.2, 0.25) is 0 Å². The van der Waals surface area contributed by atoms with Gasteiger partial charge >= 0.3 is 0 Å². The van der Waals surface area contributed by atoms with Gasteiger partial charge in [0, 0.05) is 24.8 Å². The molecule has 0 radical (unpaired) electrons. The van der Waals surface area contributed by atoms with Crippen molar-refractivity contribution in [3.8, 4) is 0 Å². The monoisotopic (exact) mass is 272 g/mol. The third-order valence-electron chi connectivity index (χ3n) is 5.51. The van der Waals surface area contributed by atoms with Gasteiger partial charge in [0.2, 0.25) is 0 Å². The molecule has 1 heterocycles. The Morgan fingerprint density at radius 2 is 1.65 bits per heavy atom. The van der Waals surface area contributed by atoms with Crippen LogP contribution in [0, 0.1) is 5.41 Å². The Balaban J connectivity index is 1.72. The summed E-state index contributed by atoms with van der Waals surface area (Å²) in [6.07, 6.45) is 10.1. The van der Waals surface area contributed by atoms with Crippen molar-refractivity contribution in [1.82, 2.24) is 0 Å². The van der Waals surface area contributed by atoms with Crippen LogP contribution in [0.5, 0.6) is 0 Å². The van der Waals surface area contributed by atoms with E-state index < -0.39 is 0 Å². The van der Waals surface area contributed by atoms with Gasteiger partial charge in [-0.3, -0.25) is 0 Å². The number of rotatable bonds is 2. The molecule has 1 aromatic carbocycles. The Labute approximate surface area is 123 Å². The van der Waals surface area contributed by atoms with Crippen molar-refractivity contribution in [2.75, 3.05) is 18.0 Å². The maximum absolute atomic E-state index is 6.13. The number of hydrogen-bond donors (Lipinski definition) is 1. The average Bonchev–Trinajstić information content (AvgIpc) is 2.49. The second-order valence-corrected chi connectivity index (χ2v) is 6.90. The minimum atomic E-state index is 0.122. The zero-order valence-electron chi connectivity index (χ0n) is 12.8. The number of nitrogens with zero attached hydrogens (tertiary/aromatic N) is 1. The van der Waals surface area contributed by atoms with Crippen molar-refractivity contribution in [2.24, 2.45) is 11.1 Å². The van der Waals surface area contributed by atoms with Crippen LogP contribution in [-0.4, -0.2) is 13.1 Å². The molecular weight excluding hydrogens is 244 g/mol. The molecule has 1 saturated heterocycles. The van der Waals surface area contributed by atoms with E-state index in [-0.39, 0.29) is 6.04 Å².